The molecule has 1 unspecified atom stereocenters. The van der Waals surface area contributed by atoms with E-state index in [1.165, 1.54) is 12.1 Å². The second-order valence-electron chi connectivity index (χ2n) is 4.49. The number of nitrogens with zero attached hydrogens (tertiary/aromatic N) is 1. The lowest BCUT2D eigenvalue weighted by atomic mass is 10.1. The van der Waals surface area contributed by atoms with E-state index in [2.05, 4.69) is 10.3 Å². The van der Waals surface area contributed by atoms with Crippen molar-refractivity contribution in [2.45, 2.75) is 6.10 Å². The smallest absolute Gasteiger partial charge is 0.123 e. The maximum absolute atomic E-state index is 13.1. The van der Waals surface area contributed by atoms with Gasteiger partial charge in [0.2, 0.25) is 0 Å². The Labute approximate surface area is 119 Å². The van der Waals surface area contributed by atoms with Crippen LogP contribution in [0.15, 0.2) is 48.0 Å². The van der Waals surface area contributed by atoms with Crippen LogP contribution in [-0.2, 0) is 0 Å². The summed E-state index contributed by atoms with van der Waals surface area (Å²) in [5.41, 5.74) is 4.25. The van der Waals surface area contributed by atoms with E-state index in [1.54, 1.807) is 29.0 Å². The first-order valence-electron chi connectivity index (χ1n) is 6.23. The Kier molecular flexibility index (Phi) is 3.62. The van der Waals surface area contributed by atoms with E-state index in [1.807, 2.05) is 18.2 Å². The molecule has 0 bridgehead atoms. The lowest BCUT2D eigenvalue weighted by Gasteiger charge is -2.13. The van der Waals surface area contributed by atoms with E-state index in [4.69, 9.17) is 0 Å². The average molecular weight is 288 g/mol. The molecule has 0 fully saturated rings. The highest BCUT2D eigenvalue weighted by molar-refractivity contribution is 7.16. The maximum atomic E-state index is 13.1. The lowest BCUT2D eigenvalue weighted by Crippen LogP contribution is -2.12. The summed E-state index contributed by atoms with van der Waals surface area (Å²) in [6, 6.07) is 11.9. The number of aromatic nitrogens is 1. The van der Waals surface area contributed by atoms with Crippen LogP contribution in [-0.4, -0.2) is 16.6 Å². The number of halogens is 1. The summed E-state index contributed by atoms with van der Waals surface area (Å²) in [4.78, 5) is 4.21. The van der Waals surface area contributed by atoms with E-state index >= 15 is 0 Å². The van der Waals surface area contributed by atoms with Gasteiger partial charge in [-0.1, -0.05) is 12.1 Å². The van der Waals surface area contributed by atoms with Crippen molar-refractivity contribution < 1.29 is 9.50 Å². The summed E-state index contributed by atoms with van der Waals surface area (Å²) in [5, 5.41) is 13.2. The van der Waals surface area contributed by atoms with Gasteiger partial charge in [0.1, 0.15) is 5.82 Å². The first kappa shape index (κ1) is 13.0. The Morgan fingerprint density at radius 2 is 2.15 bits per heavy atom. The number of fused-ring (bicyclic) bond motifs is 1. The molecule has 0 aliphatic heterocycles. The number of thiazole rings is 1. The molecule has 20 heavy (non-hydrogen) atoms. The van der Waals surface area contributed by atoms with Crippen molar-refractivity contribution in [1.82, 2.24) is 4.98 Å². The normalized spacial score (nSPS) is 12.5. The summed E-state index contributed by atoms with van der Waals surface area (Å²) in [7, 11) is 0. The molecule has 0 radical (unpaired) electrons. The molecule has 3 nitrogen and oxygen atoms in total. The molecule has 5 heteroatoms. The quantitative estimate of drug-likeness (QED) is 0.771. The molecule has 3 rings (SSSR count). The molecule has 0 spiro atoms. The summed E-state index contributed by atoms with van der Waals surface area (Å²) in [6.07, 6.45) is -0.747. The molecule has 1 aromatic heterocycles. The Bertz CT molecular complexity index is 728. The van der Waals surface area contributed by atoms with Gasteiger partial charge >= 0.3 is 0 Å². The van der Waals surface area contributed by atoms with Crippen LogP contribution in [0.2, 0.25) is 0 Å². The van der Waals surface area contributed by atoms with E-state index in [0.29, 0.717) is 12.1 Å². The van der Waals surface area contributed by atoms with Gasteiger partial charge in [0.25, 0.3) is 0 Å². The molecule has 2 N–H and O–H groups in total. The molecule has 2 aromatic carbocycles. The van der Waals surface area contributed by atoms with Gasteiger partial charge in [-0.05, 0) is 35.9 Å². The maximum Gasteiger partial charge on any atom is 0.123 e. The Morgan fingerprint density at radius 1 is 1.25 bits per heavy atom. The fourth-order valence-electron chi connectivity index (χ4n) is 2.01. The molecule has 3 aromatic rings. The minimum Gasteiger partial charge on any atom is -0.387 e. The predicted molar refractivity (Wildman–Crippen MR) is 79.5 cm³/mol. The summed E-state index contributed by atoms with van der Waals surface area (Å²) in [5.74, 6) is -0.340. The highest BCUT2D eigenvalue weighted by Crippen LogP contribution is 2.22. The summed E-state index contributed by atoms with van der Waals surface area (Å²) in [6.45, 7) is 0.327. The van der Waals surface area contributed by atoms with Gasteiger partial charge in [0, 0.05) is 12.2 Å². The number of aliphatic hydroxyl groups excluding tert-OH is 1. The SMILES string of the molecule is OC(CNc1ccc2ncsc2c1)c1cccc(F)c1. The van der Waals surface area contributed by atoms with Gasteiger partial charge in [0.15, 0.2) is 0 Å². The van der Waals surface area contributed by atoms with Crippen molar-refractivity contribution in [2.24, 2.45) is 0 Å². The number of hydrogen-bond donors (Lipinski definition) is 2. The predicted octanol–water partition coefficient (Wildman–Crippen LogP) is 3.58. The fourth-order valence-corrected chi connectivity index (χ4v) is 2.73. The first-order chi connectivity index (χ1) is 9.72. The number of rotatable bonds is 4. The number of aliphatic hydroxyl groups is 1. The molecule has 0 aliphatic rings. The standard InChI is InChI=1S/C15H13FN2OS/c16-11-3-1-2-10(6-11)14(19)8-17-12-4-5-13-15(7-12)20-9-18-13/h1-7,9,14,17,19H,8H2. The minimum absolute atomic E-state index is 0.327. The lowest BCUT2D eigenvalue weighted by molar-refractivity contribution is 0.191. The summed E-state index contributed by atoms with van der Waals surface area (Å²) >= 11 is 1.57. The molecular formula is C15H13FN2OS. The highest BCUT2D eigenvalue weighted by atomic mass is 32.1. The first-order valence-corrected chi connectivity index (χ1v) is 7.11. The molecule has 102 valence electrons. The zero-order valence-corrected chi connectivity index (χ0v) is 11.4. The van der Waals surface area contributed by atoms with E-state index in [9.17, 15) is 9.50 Å². The van der Waals surface area contributed by atoms with Crippen LogP contribution in [0, 0.1) is 5.82 Å². The van der Waals surface area contributed by atoms with Crippen molar-refractivity contribution >= 4 is 27.2 Å². The summed E-state index contributed by atoms with van der Waals surface area (Å²) < 4.78 is 14.2. The van der Waals surface area contributed by atoms with Crippen molar-refractivity contribution in [3.63, 3.8) is 0 Å². The molecule has 1 atom stereocenters. The van der Waals surface area contributed by atoms with E-state index in [0.717, 1.165) is 15.9 Å². The van der Waals surface area contributed by atoms with Crippen LogP contribution in [0.4, 0.5) is 10.1 Å². The zero-order valence-electron chi connectivity index (χ0n) is 10.6. The second-order valence-corrected chi connectivity index (χ2v) is 5.37. The zero-order chi connectivity index (χ0) is 13.9. The molecule has 0 saturated carbocycles. The Morgan fingerprint density at radius 3 is 3.00 bits per heavy atom. The third-order valence-electron chi connectivity index (χ3n) is 3.06. The van der Waals surface area contributed by atoms with Gasteiger partial charge < -0.3 is 10.4 Å². The third kappa shape index (κ3) is 2.79. The monoisotopic (exact) mass is 288 g/mol. The van der Waals surface area contributed by atoms with E-state index in [-0.39, 0.29) is 5.82 Å². The Hall–Kier alpha value is -1.98. The van der Waals surface area contributed by atoms with Gasteiger partial charge in [0.05, 0.1) is 21.8 Å². The van der Waals surface area contributed by atoms with Crippen molar-refractivity contribution in [2.75, 3.05) is 11.9 Å². The van der Waals surface area contributed by atoms with Gasteiger partial charge in [-0.25, -0.2) is 9.37 Å². The van der Waals surface area contributed by atoms with Gasteiger partial charge in [-0.15, -0.1) is 11.3 Å². The van der Waals surface area contributed by atoms with Crippen LogP contribution in [0.1, 0.15) is 11.7 Å². The number of hydrogen-bond acceptors (Lipinski definition) is 4. The molecule has 1 heterocycles. The molecule has 0 saturated heterocycles. The van der Waals surface area contributed by atoms with Crippen LogP contribution < -0.4 is 5.32 Å². The topological polar surface area (TPSA) is 45.1 Å². The van der Waals surface area contributed by atoms with Crippen LogP contribution in [0.5, 0.6) is 0 Å². The van der Waals surface area contributed by atoms with Gasteiger partial charge in [-0.3, -0.25) is 0 Å². The second kappa shape index (κ2) is 5.56. The fraction of sp³-hybridized carbons (Fsp3) is 0.133. The van der Waals surface area contributed by atoms with Crippen molar-refractivity contribution in [1.29, 1.82) is 0 Å². The number of benzene rings is 2. The largest absolute Gasteiger partial charge is 0.387 e. The Balaban J connectivity index is 1.69. The third-order valence-corrected chi connectivity index (χ3v) is 3.86. The van der Waals surface area contributed by atoms with Crippen LogP contribution in [0.25, 0.3) is 10.2 Å². The highest BCUT2D eigenvalue weighted by Gasteiger charge is 2.08. The van der Waals surface area contributed by atoms with Crippen LogP contribution in [0.3, 0.4) is 0 Å². The minimum atomic E-state index is -0.747. The average Bonchev–Trinajstić information content (AvgIpc) is 2.92. The molecular weight excluding hydrogens is 275 g/mol. The van der Waals surface area contributed by atoms with E-state index < -0.39 is 6.10 Å². The van der Waals surface area contributed by atoms with Crippen molar-refractivity contribution in [3.8, 4) is 0 Å². The number of nitrogens with one attached hydrogen (secondary N) is 1. The van der Waals surface area contributed by atoms with Crippen molar-refractivity contribution in [3.05, 3.63) is 59.4 Å². The molecule has 0 amide bonds. The van der Waals surface area contributed by atoms with Gasteiger partial charge in [-0.2, -0.15) is 0 Å². The number of anilines is 1. The van der Waals surface area contributed by atoms with Crippen LogP contribution >= 0.6 is 11.3 Å². The molecule has 0 aliphatic carbocycles.